The summed E-state index contributed by atoms with van der Waals surface area (Å²) in [5, 5.41) is -0.226. The average molecular weight is 306 g/mol. The largest absolute Gasteiger partial charge is 0.368 e. The summed E-state index contributed by atoms with van der Waals surface area (Å²) < 4.78 is 25.7. The van der Waals surface area contributed by atoms with Gasteiger partial charge in [-0.1, -0.05) is 11.6 Å². The number of rotatable bonds is 3. The summed E-state index contributed by atoms with van der Waals surface area (Å²) in [5.74, 6) is -0.684. The molecule has 0 bridgehead atoms. The van der Waals surface area contributed by atoms with Gasteiger partial charge in [-0.3, -0.25) is 9.59 Å². The van der Waals surface area contributed by atoms with Crippen LogP contribution in [0.25, 0.3) is 0 Å². The number of amides is 1. The van der Waals surface area contributed by atoms with Gasteiger partial charge in [-0.05, 0) is 18.9 Å². The monoisotopic (exact) mass is 305 g/mol. The van der Waals surface area contributed by atoms with Crippen LogP contribution in [0.4, 0.5) is 0 Å². The Morgan fingerprint density at radius 1 is 1.53 bits per heavy atom. The first-order valence-electron chi connectivity index (χ1n) is 5.53. The predicted molar refractivity (Wildman–Crippen MR) is 68.2 cm³/mol. The molecule has 0 aliphatic carbocycles. The minimum atomic E-state index is -3.89. The Hall–Kier alpha value is -1.38. The second-order valence-corrected chi connectivity index (χ2v) is 6.49. The van der Waals surface area contributed by atoms with E-state index in [1.165, 1.54) is 0 Å². The van der Waals surface area contributed by atoms with Gasteiger partial charge in [-0.25, -0.2) is 8.42 Å². The number of sulfonamides is 1. The zero-order valence-electron chi connectivity index (χ0n) is 9.80. The van der Waals surface area contributed by atoms with E-state index < -0.39 is 27.5 Å². The van der Waals surface area contributed by atoms with Crippen molar-refractivity contribution in [2.45, 2.75) is 23.8 Å². The van der Waals surface area contributed by atoms with Crippen LogP contribution in [0.1, 0.15) is 12.8 Å². The zero-order valence-corrected chi connectivity index (χ0v) is 11.4. The Labute approximate surface area is 114 Å². The molecular formula is C10H12ClN3O4S. The van der Waals surface area contributed by atoms with Crippen molar-refractivity contribution in [2.75, 3.05) is 6.54 Å². The van der Waals surface area contributed by atoms with Crippen LogP contribution < -0.4 is 11.3 Å². The molecule has 9 heteroatoms. The highest BCUT2D eigenvalue weighted by Gasteiger charge is 2.38. The lowest BCUT2D eigenvalue weighted by atomic mass is 10.2. The molecule has 1 aromatic heterocycles. The van der Waals surface area contributed by atoms with Crippen LogP contribution in [0.3, 0.4) is 0 Å². The number of aromatic nitrogens is 1. The van der Waals surface area contributed by atoms with E-state index in [1.807, 2.05) is 0 Å². The van der Waals surface area contributed by atoms with Crippen LogP contribution in [0, 0.1) is 0 Å². The lowest BCUT2D eigenvalue weighted by Crippen LogP contribution is -2.43. The molecule has 0 saturated carbocycles. The molecule has 0 aromatic carbocycles. The highest BCUT2D eigenvalue weighted by atomic mass is 35.5. The maximum absolute atomic E-state index is 12.4. The van der Waals surface area contributed by atoms with Gasteiger partial charge in [0, 0.05) is 12.7 Å². The number of nitrogens with one attached hydrogen (secondary N) is 1. The number of carbonyl (C=O) groups is 1. The summed E-state index contributed by atoms with van der Waals surface area (Å²) in [6.07, 6.45) is 2.01. The van der Waals surface area contributed by atoms with E-state index in [0.717, 1.165) is 16.6 Å². The minimum Gasteiger partial charge on any atom is -0.368 e. The van der Waals surface area contributed by atoms with Crippen molar-refractivity contribution in [1.29, 1.82) is 0 Å². The number of aromatic amines is 1. The minimum absolute atomic E-state index is 0.162. The fourth-order valence-corrected chi connectivity index (χ4v) is 3.93. The zero-order chi connectivity index (χ0) is 14.2. The lowest BCUT2D eigenvalue weighted by Gasteiger charge is -2.21. The molecule has 2 heterocycles. The first kappa shape index (κ1) is 14.0. The lowest BCUT2D eigenvalue weighted by molar-refractivity contribution is -0.121. The Morgan fingerprint density at radius 3 is 2.79 bits per heavy atom. The van der Waals surface area contributed by atoms with Gasteiger partial charge in [0.2, 0.25) is 15.9 Å². The van der Waals surface area contributed by atoms with E-state index >= 15 is 0 Å². The SMILES string of the molecule is NC(=O)C1CCCN1S(=O)(=O)c1c[nH]c(=O)c(Cl)c1. The van der Waals surface area contributed by atoms with E-state index in [2.05, 4.69) is 4.98 Å². The smallest absolute Gasteiger partial charge is 0.266 e. The molecule has 1 aliphatic rings. The van der Waals surface area contributed by atoms with E-state index in [-0.39, 0.29) is 16.5 Å². The highest BCUT2D eigenvalue weighted by Crippen LogP contribution is 2.25. The quantitative estimate of drug-likeness (QED) is 0.795. The highest BCUT2D eigenvalue weighted by molar-refractivity contribution is 7.89. The number of pyridine rings is 1. The third kappa shape index (κ3) is 2.51. The third-order valence-electron chi connectivity index (χ3n) is 2.97. The van der Waals surface area contributed by atoms with Gasteiger partial charge in [-0.15, -0.1) is 0 Å². The number of nitrogens with zero attached hydrogens (tertiary/aromatic N) is 1. The maximum Gasteiger partial charge on any atom is 0.266 e. The topological polar surface area (TPSA) is 113 Å². The number of H-pyrrole nitrogens is 1. The summed E-state index contributed by atoms with van der Waals surface area (Å²) in [7, 11) is -3.89. The van der Waals surface area contributed by atoms with E-state index in [4.69, 9.17) is 17.3 Å². The Balaban J connectivity index is 2.44. The molecule has 19 heavy (non-hydrogen) atoms. The van der Waals surface area contributed by atoms with Crippen LogP contribution in [0.5, 0.6) is 0 Å². The van der Waals surface area contributed by atoms with Crippen molar-refractivity contribution in [3.63, 3.8) is 0 Å². The van der Waals surface area contributed by atoms with Crippen LogP contribution in [-0.4, -0.2) is 36.2 Å². The van der Waals surface area contributed by atoms with E-state index in [1.54, 1.807) is 0 Å². The van der Waals surface area contributed by atoms with Gasteiger partial charge in [-0.2, -0.15) is 4.31 Å². The van der Waals surface area contributed by atoms with Crippen molar-refractivity contribution < 1.29 is 13.2 Å². The summed E-state index contributed by atoms with van der Waals surface area (Å²) in [5.41, 5.74) is 4.61. The molecule has 1 aliphatic heterocycles. The third-order valence-corrected chi connectivity index (χ3v) is 5.14. The van der Waals surface area contributed by atoms with Crippen molar-refractivity contribution in [3.05, 3.63) is 27.6 Å². The summed E-state index contributed by atoms with van der Waals surface area (Å²) >= 11 is 5.61. The van der Waals surface area contributed by atoms with Crippen molar-refractivity contribution >= 4 is 27.5 Å². The molecule has 104 valence electrons. The molecular weight excluding hydrogens is 294 g/mol. The number of carbonyl (C=O) groups excluding carboxylic acids is 1. The standard InChI is InChI=1S/C10H12ClN3O4S/c11-7-4-6(5-13-10(7)16)19(17,18)14-3-1-2-8(14)9(12)15/h4-5,8H,1-3H2,(H2,12,15)(H,13,16). The molecule has 1 amide bonds. The van der Waals surface area contributed by atoms with Crippen molar-refractivity contribution in [2.24, 2.45) is 5.73 Å². The van der Waals surface area contributed by atoms with Gasteiger partial charge in [0.1, 0.15) is 11.1 Å². The predicted octanol–water partition coefficient (Wildman–Crippen LogP) is -0.333. The first-order valence-corrected chi connectivity index (χ1v) is 7.35. The second kappa shape index (κ2) is 4.95. The van der Waals surface area contributed by atoms with Gasteiger partial charge >= 0.3 is 0 Å². The van der Waals surface area contributed by atoms with Crippen molar-refractivity contribution in [1.82, 2.24) is 9.29 Å². The van der Waals surface area contributed by atoms with Crippen LogP contribution >= 0.6 is 11.6 Å². The fourth-order valence-electron chi connectivity index (χ4n) is 2.03. The van der Waals surface area contributed by atoms with E-state index in [0.29, 0.717) is 12.8 Å². The Kier molecular flexibility index (Phi) is 3.66. The van der Waals surface area contributed by atoms with Gasteiger partial charge in [0.25, 0.3) is 5.56 Å². The molecule has 7 nitrogen and oxygen atoms in total. The Morgan fingerprint density at radius 2 is 2.21 bits per heavy atom. The number of primary amides is 1. The molecule has 0 radical (unpaired) electrons. The first-order chi connectivity index (χ1) is 8.84. The molecule has 1 atom stereocenters. The molecule has 1 aromatic rings. The summed E-state index contributed by atoms with van der Waals surface area (Å²) in [6, 6.07) is 0.210. The van der Waals surface area contributed by atoms with Crippen LogP contribution in [-0.2, 0) is 14.8 Å². The summed E-state index contributed by atoms with van der Waals surface area (Å²) in [4.78, 5) is 24.4. The molecule has 3 N–H and O–H groups in total. The summed E-state index contributed by atoms with van der Waals surface area (Å²) in [6.45, 7) is 0.215. The van der Waals surface area contributed by atoms with Gasteiger partial charge in [0.15, 0.2) is 0 Å². The van der Waals surface area contributed by atoms with Crippen LogP contribution in [0.15, 0.2) is 22.0 Å². The second-order valence-electron chi connectivity index (χ2n) is 4.19. The number of hydrogen-bond acceptors (Lipinski definition) is 4. The molecule has 2 rings (SSSR count). The molecule has 0 spiro atoms. The average Bonchev–Trinajstić information content (AvgIpc) is 2.82. The number of hydrogen-bond donors (Lipinski definition) is 2. The fraction of sp³-hybridized carbons (Fsp3) is 0.400. The normalized spacial score (nSPS) is 20.6. The number of halogens is 1. The van der Waals surface area contributed by atoms with Gasteiger partial charge in [0.05, 0.1) is 4.90 Å². The van der Waals surface area contributed by atoms with Gasteiger partial charge < -0.3 is 10.7 Å². The molecule has 1 saturated heterocycles. The molecule has 1 unspecified atom stereocenters. The molecule has 1 fully saturated rings. The van der Waals surface area contributed by atoms with E-state index in [9.17, 15) is 18.0 Å². The Bertz CT molecular complexity index is 670. The van der Waals surface area contributed by atoms with Crippen LogP contribution in [0.2, 0.25) is 5.02 Å². The number of nitrogens with two attached hydrogens (primary N) is 1. The maximum atomic E-state index is 12.4. The van der Waals surface area contributed by atoms with Crippen molar-refractivity contribution in [3.8, 4) is 0 Å².